The zero-order valence-corrected chi connectivity index (χ0v) is 27.1. The molecule has 1 aliphatic heterocycles. The minimum atomic E-state index is -0.708. The maximum atomic E-state index is 14.3. The molecule has 10 nitrogen and oxygen atoms in total. The van der Waals surface area contributed by atoms with Crippen LogP contribution in [0.25, 0.3) is 0 Å². The summed E-state index contributed by atoms with van der Waals surface area (Å²) in [7, 11) is 0. The first-order chi connectivity index (χ1) is 24.0. The Morgan fingerprint density at radius 3 is 1.78 bits per heavy atom. The molecule has 5 aromatic rings. The number of hydrogen-bond acceptors (Lipinski definition) is 8. The van der Waals surface area contributed by atoms with Crippen LogP contribution in [0.2, 0.25) is 0 Å². The van der Waals surface area contributed by atoms with Crippen molar-refractivity contribution in [1.29, 1.82) is 0 Å². The fourth-order valence-corrected chi connectivity index (χ4v) is 5.86. The number of carbonyl (C=O) groups is 2. The fraction of sp³-hybridized carbons (Fsp3) is 0.231. The van der Waals surface area contributed by atoms with Crippen molar-refractivity contribution >= 4 is 17.6 Å². The summed E-state index contributed by atoms with van der Waals surface area (Å²) in [5.41, 5.74) is 0.799. The predicted molar refractivity (Wildman–Crippen MR) is 187 cm³/mol. The summed E-state index contributed by atoms with van der Waals surface area (Å²) in [6.45, 7) is 2.90. The summed E-state index contributed by atoms with van der Waals surface area (Å²) < 4.78 is 14.1. The molecule has 1 fully saturated rings. The van der Waals surface area contributed by atoms with Gasteiger partial charge in [0.1, 0.15) is 17.5 Å². The van der Waals surface area contributed by atoms with Crippen LogP contribution in [0.5, 0.6) is 0 Å². The highest BCUT2D eigenvalue weighted by Crippen LogP contribution is 2.19. The quantitative estimate of drug-likeness (QED) is 0.147. The second-order valence-electron chi connectivity index (χ2n) is 11.8. The van der Waals surface area contributed by atoms with Gasteiger partial charge in [-0.2, -0.15) is 0 Å². The summed E-state index contributed by atoms with van der Waals surface area (Å²) >= 11 is 0. The number of carbonyl (C=O) groups excluding carboxylic acids is 2. The highest BCUT2D eigenvalue weighted by molar-refractivity contribution is 6.11. The van der Waals surface area contributed by atoms with E-state index in [1.54, 1.807) is 54.6 Å². The molecule has 1 unspecified atom stereocenters. The van der Waals surface area contributed by atoms with Crippen LogP contribution in [0.4, 0.5) is 5.82 Å². The summed E-state index contributed by atoms with van der Waals surface area (Å²) in [6, 6.07) is 35.8. The van der Waals surface area contributed by atoms with Crippen molar-refractivity contribution in [2.24, 2.45) is 0 Å². The highest BCUT2D eigenvalue weighted by Gasteiger charge is 2.28. The van der Waals surface area contributed by atoms with Gasteiger partial charge < -0.3 is 14.8 Å². The molecule has 0 spiro atoms. The van der Waals surface area contributed by atoms with Crippen LogP contribution in [0.1, 0.15) is 37.4 Å². The third-order valence-corrected chi connectivity index (χ3v) is 8.40. The van der Waals surface area contributed by atoms with Crippen LogP contribution in [0.3, 0.4) is 0 Å². The van der Waals surface area contributed by atoms with Crippen molar-refractivity contribution < 1.29 is 19.1 Å². The lowest BCUT2D eigenvalue weighted by Gasteiger charge is -2.31. The number of hydrogen-bond donors (Lipinski definition) is 1. The van der Waals surface area contributed by atoms with E-state index in [2.05, 4.69) is 10.2 Å². The van der Waals surface area contributed by atoms with Crippen LogP contribution in [0.15, 0.2) is 131 Å². The lowest BCUT2D eigenvalue weighted by molar-refractivity contribution is -0.000909. The summed E-state index contributed by atoms with van der Waals surface area (Å²) in [6.07, 6.45) is -0.697. The van der Waals surface area contributed by atoms with Crippen molar-refractivity contribution in [2.75, 3.05) is 44.7 Å². The molecule has 1 saturated heterocycles. The lowest BCUT2D eigenvalue weighted by Crippen LogP contribution is -2.47. The number of ketones is 1. The van der Waals surface area contributed by atoms with E-state index < -0.39 is 29.1 Å². The van der Waals surface area contributed by atoms with Crippen molar-refractivity contribution in [3.63, 3.8) is 0 Å². The van der Waals surface area contributed by atoms with Gasteiger partial charge in [-0.3, -0.25) is 23.6 Å². The van der Waals surface area contributed by atoms with Crippen LogP contribution in [0, 0.1) is 0 Å². The molecular weight excluding hydrogens is 620 g/mol. The molecule has 1 aromatic heterocycles. The molecule has 6 rings (SSSR count). The van der Waals surface area contributed by atoms with Crippen molar-refractivity contribution in [1.82, 2.24) is 14.0 Å². The van der Waals surface area contributed by atoms with Crippen molar-refractivity contribution in [3.05, 3.63) is 170 Å². The Kier molecular flexibility index (Phi) is 10.9. The molecule has 0 bridgehead atoms. The number of aromatic nitrogens is 2. The summed E-state index contributed by atoms with van der Waals surface area (Å²) in [5.74, 6) is -0.955. The Hall–Kier alpha value is -5.58. The molecule has 4 aromatic carbocycles. The average molecular weight is 659 g/mol. The fourth-order valence-electron chi connectivity index (χ4n) is 5.86. The third-order valence-electron chi connectivity index (χ3n) is 8.40. The number of anilines is 1. The van der Waals surface area contributed by atoms with Gasteiger partial charge in [0.2, 0.25) is 5.78 Å². The van der Waals surface area contributed by atoms with E-state index in [0.717, 1.165) is 15.7 Å². The Bertz CT molecular complexity index is 1970. The van der Waals surface area contributed by atoms with Crippen LogP contribution < -0.4 is 16.6 Å². The molecule has 10 heteroatoms. The SMILES string of the molecule is O=C(OC(CNc1c(C(=O)c2ccccc2)c(=O)n(Cc2ccccc2)c(=O)n1Cc1ccccc1)CN1CCOCC1)c1ccccc1. The lowest BCUT2D eigenvalue weighted by atomic mass is 10.0. The topological polar surface area (TPSA) is 112 Å². The number of morpholine rings is 1. The molecule has 1 aliphatic rings. The summed E-state index contributed by atoms with van der Waals surface area (Å²) in [5, 5.41) is 3.27. The second kappa shape index (κ2) is 16.0. The van der Waals surface area contributed by atoms with E-state index in [0.29, 0.717) is 44.0 Å². The molecule has 0 amide bonds. The zero-order valence-electron chi connectivity index (χ0n) is 27.1. The first kappa shape index (κ1) is 33.3. The van der Waals surface area contributed by atoms with Gasteiger partial charge in [-0.1, -0.05) is 109 Å². The number of esters is 1. The van der Waals surface area contributed by atoms with E-state index in [1.165, 1.54) is 4.57 Å². The molecule has 2 heterocycles. The highest BCUT2D eigenvalue weighted by atomic mass is 16.5. The predicted octanol–water partition coefficient (Wildman–Crippen LogP) is 4.31. The Labute approximate surface area is 284 Å². The van der Waals surface area contributed by atoms with Crippen molar-refractivity contribution in [3.8, 4) is 0 Å². The van der Waals surface area contributed by atoms with E-state index in [-0.39, 0.29) is 31.0 Å². The van der Waals surface area contributed by atoms with E-state index in [1.807, 2.05) is 66.7 Å². The standard InChI is InChI=1S/C39H38N4O6/c44-35(31-17-9-3-10-18-31)34-36(40-25-33(28-41-21-23-48-24-22-41)49-38(46)32-19-11-4-12-20-32)42(26-29-13-5-1-6-14-29)39(47)43(37(34)45)27-30-15-7-2-8-16-30/h1-20,33,40H,21-28H2. The maximum absolute atomic E-state index is 14.3. The Balaban J connectivity index is 1.45. The van der Waals surface area contributed by atoms with Gasteiger partial charge in [-0.25, -0.2) is 9.59 Å². The van der Waals surface area contributed by atoms with E-state index in [4.69, 9.17) is 9.47 Å². The molecule has 49 heavy (non-hydrogen) atoms. The van der Waals surface area contributed by atoms with E-state index in [9.17, 15) is 19.2 Å². The Morgan fingerprint density at radius 1 is 0.694 bits per heavy atom. The second-order valence-corrected chi connectivity index (χ2v) is 11.8. The van der Waals surface area contributed by atoms with Gasteiger partial charge in [-0.15, -0.1) is 0 Å². The molecule has 1 N–H and O–H groups in total. The Morgan fingerprint density at radius 2 is 1.20 bits per heavy atom. The maximum Gasteiger partial charge on any atom is 0.338 e. The minimum absolute atomic E-state index is 0.0169. The number of rotatable bonds is 13. The van der Waals surface area contributed by atoms with Gasteiger partial charge in [0, 0.05) is 25.2 Å². The number of benzene rings is 4. The third kappa shape index (κ3) is 8.29. The largest absolute Gasteiger partial charge is 0.456 e. The van der Waals surface area contributed by atoms with Gasteiger partial charge in [0.15, 0.2) is 0 Å². The van der Waals surface area contributed by atoms with Gasteiger partial charge in [0.05, 0.1) is 38.4 Å². The number of ether oxygens (including phenoxy) is 2. The average Bonchev–Trinajstić information content (AvgIpc) is 3.15. The first-order valence-electron chi connectivity index (χ1n) is 16.3. The minimum Gasteiger partial charge on any atom is -0.456 e. The number of nitrogens with one attached hydrogen (secondary N) is 1. The molecule has 0 radical (unpaired) electrons. The van der Waals surface area contributed by atoms with Crippen LogP contribution in [-0.4, -0.2) is 71.3 Å². The zero-order chi connectivity index (χ0) is 34.0. The van der Waals surface area contributed by atoms with Gasteiger partial charge >= 0.3 is 11.7 Å². The smallest absolute Gasteiger partial charge is 0.338 e. The van der Waals surface area contributed by atoms with Gasteiger partial charge in [-0.05, 0) is 23.3 Å². The molecule has 0 aliphatic carbocycles. The molecule has 250 valence electrons. The first-order valence-corrected chi connectivity index (χ1v) is 16.3. The normalized spacial score (nSPS) is 13.8. The molecule has 1 atom stereocenters. The van der Waals surface area contributed by atoms with Gasteiger partial charge in [0.25, 0.3) is 5.56 Å². The monoisotopic (exact) mass is 658 g/mol. The molecule has 0 saturated carbocycles. The summed E-state index contributed by atoms with van der Waals surface area (Å²) in [4.78, 5) is 58.3. The number of nitrogens with zero attached hydrogens (tertiary/aromatic N) is 3. The van der Waals surface area contributed by atoms with E-state index >= 15 is 0 Å². The molecular formula is C39H38N4O6. The van der Waals surface area contributed by atoms with Crippen LogP contribution >= 0.6 is 0 Å². The van der Waals surface area contributed by atoms with Crippen LogP contribution in [-0.2, 0) is 22.6 Å². The van der Waals surface area contributed by atoms with Crippen molar-refractivity contribution in [2.45, 2.75) is 19.2 Å².